The van der Waals surface area contributed by atoms with E-state index in [0.29, 0.717) is 0 Å². The van der Waals surface area contributed by atoms with Crippen molar-refractivity contribution >= 4 is 7.85 Å². The molecule has 0 saturated carbocycles. The van der Waals surface area contributed by atoms with Gasteiger partial charge in [0.05, 0.1) is 5.70 Å². The number of hydrogen-bond acceptors (Lipinski definition) is 3. The highest BCUT2D eigenvalue weighted by Crippen LogP contribution is 2.25. The SMILES string of the molecule is BC/N=N\C(=C/NC)C(C)(C)C. The van der Waals surface area contributed by atoms with Gasteiger partial charge in [-0.15, -0.1) is 0 Å². The summed E-state index contributed by atoms with van der Waals surface area (Å²) in [4.78, 5) is 0. The molecule has 0 rings (SSSR count). The molecule has 4 heteroatoms. The van der Waals surface area contributed by atoms with E-state index in [4.69, 9.17) is 0 Å². The first-order valence-electron chi connectivity index (χ1n) is 4.27. The van der Waals surface area contributed by atoms with Crippen molar-refractivity contribution in [2.24, 2.45) is 15.6 Å². The number of hydrogen-bond donors (Lipinski definition) is 1. The molecule has 0 radical (unpaired) electrons. The Morgan fingerprint density at radius 3 is 2.42 bits per heavy atom. The molecule has 1 N–H and O–H groups in total. The number of azo groups is 1. The minimum Gasteiger partial charge on any atom is -0.392 e. The zero-order valence-electron chi connectivity index (χ0n) is 8.68. The minimum absolute atomic E-state index is 0.0572. The number of allylic oxidation sites excluding steroid dienone is 1. The second kappa shape index (κ2) is 4.96. The molecule has 0 aliphatic heterocycles. The molecule has 0 atom stereocenters. The first kappa shape index (κ1) is 11.2. The molecule has 12 heavy (non-hydrogen) atoms. The smallest absolute Gasteiger partial charge is 0.131 e. The van der Waals surface area contributed by atoms with Gasteiger partial charge in [-0.3, -0.25) is 0 Å². The van der Waals surface area contributed by atoms with E-state index in [1.807, 2.05) is 21.1 Å². The van der Waals surface area contributed by atoms with Crippen molar-refractivity contribution in [2.75, 3.05) is 13.5 Å². The number of nitrogens with one attached hydrogen (secondary N) is 1. The highest BCUT2D eigenvalue weighted by Gasteiger charge is 2.16. The lowest BCUT2D eigenvalue weighted by Crippen LogP contribution is -2.10. The summed E-state index contributed by atoms with van der Waals surface area (Å²) in [5.41, 5.74) is 1.04. The highest BCUT2D eigenvalue weighted by molar-refractivity contribution is 6.08. The van der Waals surface area contributed by atoms with Gasteiger partial charge in [0.2, 0.25) is 0 Å². The second-order valence-corrected chi connectivity index (χ2v) is 3.63. The van der Waals surface area contributed by atoms with E-state index in [1.165, 1.54) is 0 Å². The van der Waals surface area contributed by atoms with Crippen molar-refractivity contribution in [3.8, 4) is 0 Å². The van der Waals surface area contributed by atoms with Crippen LogP contribution >= 0.6 is 0 Å². The van der Waals surface area contributed by atoms with Crippen LogP contribution in [0, 0.1) is 5.41 Å². The van der Waals surface area contributed by atoms with Gasteiger partial charge < -0.3 is 5.32 Å². The first-order chi connectivity index (χ1) is 5.52. The van der Waals surface area contributed by atoms with E-state index in [9.17, 15) is 0 Å². The predicted octanol–water partition coefficient (Wildman–Crippen LogP) is 1.14. The topological polar surface area (TPSA) is 36.8 Å². The highest BCUT2D eigenvalue weighted by atomic mass is 15.1. The molecular formula is C8H18BN3. The van der Waals surface area contributed by atoms with E-state index in [2.05, 4.69) is 36.3 Å². The molecule has 0 aromatic heterocycles. The molecule has 0 spiro atoms. The molecule has 3 nitrogen and oxygen atoms in total. The Hall–Kier alpha value is -0.795. The number of nitrogens with zero attached hydrogens (tertiary/aromatic N) is 2. The molecule has 0 aliphatic carbocycles. The van der Waals surface area contributed by atoms with Gasteiger partial charge in [-0.25, -0.2) is 0 Å². The summed E-state index contributed by atoms with van der Waals surface area (Å²) in [6, 6.07) is 0. The summed E-state index contributed by atoms with van der Waals surface area (Å²) in [6.45, 7) is 6.35. The van der Waals surface area contributed by atoms with Crippen molar-refractivity contribution in [1.29, 1.82) is 0 Å². The zero-order chi connectivity index (χ0) is 9.61. The lowest BCUT2D eigenvalue weighted by Gasteiger charge is -2.17. The predicted molar refractivity (Wildman–Crippen MR) is 54.9 cm³/mol. The summed E-state index contributed by atoms with van der Waals surface area (Å²) in [6.07, 6.45) is 2.62. The van der Waals surface area contributed by atoms with Gasteiger partial charge in [0, 0.05) is 25.1 Å². The second-order valence-electron chi connectivity index (χ2n) is 3.63. The third kappa shape index (κ3) is 4.16. The average molecular weight is 167 g/mol. The van der Waals surface area contributed by atoms with Crippen LogP contribution in [-0.4, -0.2) is 21.3 Å². The first-order valence-corrected chi connectivity index (χ1v) is 4.27. The van der Waals surface area contributed by atoms with E-state index in [0.717, 1.165) is 12.1 Å². The van der Waals surface area contributed by atoms with Gasteiger partial charge in [-0.05, 0) is 0 Å². The molecule has 0 heterocycles. The molecule has 0 saturated heterocycles. The summed E-state index contributed by atoms with van der Waals surface area (Å²) in [7, 11) is 3.84. The monoisotopic (exact) mass is 167 g/mol. The maximum Gasteiger partial charge on any atom is 0.131 e. The fourth-order valence-corrected chi connectivity index (χ4v) is 0.679. The molecule has 0 aromatic carbocycles. The summed E-state index contributed by atoms with van der Waals surface area (Å²) >= 11 is 0. The van der Waals surface area contributed by atoms with Crippen molar-refractivity contribution in [2.45, 2.75) is 20.8 Å². The van der Waals surface area contributed by atoms with Crippen LogP contribution in [0.3, 0.4) is 0 Å². The van der Waals surface area contributed by atoms with Crippen LogP contribution in [0.4, 0.5) is 0 Å². The molecule has 0 bridgehead atoms. The Balaban J connectivity index is 4.46. The van der Waals surface area contributed by atoms with E-state index >= 15 is 0 Å². The van der Waals surface area contributed by atoms with Crippen LogP contribution in [0.2, 0.25) is 0 Å². The van der Waals surface area contributed by atoms with Gasteiger partial charge in [-0.1, -0.05) is 20.8 Å². The normalized spacial score (nSPS) is 13.8. The minimum atomic E-state index is 0.0572. The van der Waals surface area contributed by atoms with Crippen LogP contribution in [0.15, 0.2) is 22.1 Å². The standard InChI is InChI=1S/C8H18BN3/c1-8(2,3)7(5-10-4)12-11-6-9/h5,10H,6,9H2,1-4H3/b7-5-,12-11-. The van der Waals surface area contributed by atoms with Crippen molar-refractivity contribution < 1.29 is 0 Å². The van der Waals surface area contributed by atoms with Crippen molar-refractivity contribution in [3.63, 3.8) is 0 Å². The molecule has 0 fully saturated rings. The van der Waals surface area contributed by atoms with Crippen LogP contribution in [0.5, 0.6) is 0 Å². The molecule has 0 aliphatic rings. The third-order valence-electron chi connectivity index (χ3n) is 1.37. The van der Waals surface area contributed by atoms with Gasteiger partial charge in [0.1, 0.15) is 7.85 Å². The Labute approximate surface area is 75.8 Å². The van der Waals surface area contributed by atoms with Crippen molar-refractivity contribution in [3.05, 3.63) is 11.9 Å². The van der Waals surface area contributed by atoms with Gasteiger partial charge in [0.15, 0.2) is 0 Å². The molecular weight excluding hydrogens is 149 g/mol. The Morgan fingerprint density at radius 2 is 2.08 bits per heavy atom. The zero-order valence-corrected chi connectivity index (χ0v) is 8.68. The largest absolute Gasteiger partial charge is 0.392 e. The average Bonchev–Trinajstić information content (AvgIpc) is 1.95. The van der Waals surface area contributed by atoms with Crippen LogP contribution < -0.4 is 5.32 Å². The molecule has 68 valence electrons. The fraction of sp³-hybridized carbons (Fsp3) is 0.750. The van der Waals surface area contributed by atoms with Crippen LogP contribution in [0.1, 0.15) is 20.8 Å². The van der Waals surface area contributed by atoms with E-state index in [-0.39, 0.29) is 5.41 Å². The number of rotatable bonds is 3. The lowest BCUT2D eigenvalue weighted by atomic mass is 9.93. The van der Waals surface area contributed by atoms with Gasteiger partial charge in [-0.2, -0.15) is 10.2 Å². The van der Waals surface area contributed by atoms with Gasteiger partial charge >= 0.3 is 0 Å². The van der Waals surface area contributed by atoms with E-state index in [1.54, 1.807) is 0 Å². The lowest BCUT2D eigenvalue weighted by molar-refractivity contribution is 0.487. The van der Waals surface area contributed by atoms with Crippen LogP contribution in [-0.2, 0) is 0 Å². The molecule has 0 aromatic rings. The third-order valence-corrected chi connectivity index (χ3v) is 1.37. The summed E-state index contributed by atoms with van der Waals surface area (Å²) < 4.78 is 0. The summed E-state index contributed by atoms with van der Waals surface area (Å²) in [5.74, 6) is 0. The quantitative estimate of drug-likeness (QED) is 0.496. The summed E-state index contributed by atoms with van der Waals surface area (Å²) in [5, 5.41) is 11.1. The Morgan fingerprint density at radius 1 is 1.50 bits per heavy atom. The molecule has 0 unspecified atom stereocenters. The van der Waals surface area contributed by atoms with E-state index < -0.39 is 0 Å². The molecule has 0 amide bonds. The van der Waals surface area contributed by atoms with Crippen molar-refractivity contribution in [1.82, 2.24) is 5.32 Å². The maximum absolute atomic E-state index is 4.13. The Kier molecular flexibility index (Phi) is 4.63. The Bertz CT molecular complexity index is 179. The van der Waals surface area contributed by atoms with Gasteiger partial charge in [0.25, 0.3) is 0 Å². The van der Waals surface area contributed by atoms with Crippen LogP contribution in [0.25, 0.3) is 0 Å². The fourth-order valence-electron chi connectivity index (χ4n) is 0.679. The maximum atomic E-state index is 4.13.